The Hall–Kier alpha value is -3.78. The van der Waals surface area contributed by atoms with Crippen molar-refractivity contribution in [3.05, 3.63) is 71.1 Å². The van der Waals surface area contributed by atoms with Crippen LogP contribution in [0, 0.1) is 23.7 Å². The van der Waals surface area contributed by atoms with E-state index in [0.717, 1.165) is 16.8 Å². The van der Waals surface area contributed by atoms with Gasteiger partial charge in [-0.3, -0.25) is 24.3 Å². The lowest BCUT2D eigenvalue weighted by Gasteiger charge is -2.33. The van der Waals surface area contributed by atoms with E-state index in [9.17, 15) is 19.5 Å². The van der Waals surface area contributed by atoms with Gasteiger partial charge in [0.1, 0.15) is 5.75 Å². The van der Waals surface area contributed by atoms with Gasteiger partial charge in [-0.25, -0.2) is 0 Å². The van der Waals surface area contributed by atoms with Crippen molar-refractivity contribution in [2.45, 2.75) is 64.9 Å². The number of hydrogen-bond acceptors (Lipinski definition) is 6. The molecule has 0 saturated carbocycles. The fourth-order valence-electron chi connectivity index (χ4n) is 6.88. The molecule has 2 saturated heterocycles. The molecule has 1 aromatic carbocycles. The number of rotatable bonds is 12. The van der Waals surface area contributed by atoms with E-state index in [1.54, 1.807) is 18.3 Å². The van der Waals surface area contributed by atoms with Crippen molar-refractivity contribution in [2.24, 2.45) is 23.7 Å². The maximum Gasteiger partial charge on any atom is 0.303 e. The molecule has 0 spiro atoms. The standard InChI is InChI=1S/C34H40N2O6/c1-21(2)24-19-25-32(34(41)36(33(25)40)17-9-3-4-13-30(38)39)26-20-42-29(31(24)26)15-14-22(27-11-7-8-16-35-27)18-23-10-5-6-12-28(23)37/h5-8,10-12,16,18,21,25-26,29,32,37H,3-4,9,13-15,17,19-20H2,1-2H3,(H,38,39)/b22-18-/t25-,26+,29-,32-/m1/s1. The number of nitrogens with zero attached hydrogens (tertiary/aromatic N) is 2. The van der Waals surface area contributed by atoms with Crippen LogP contribution in [0.3, 0.4) is 0 Å². The molecule has 4 atom stereocenters. The highest BCUT2D eigenvalue weighted by molar-refractivity contribution is 6.06. The van der Waals surface area contributed by atoms with E-state index in [1.165, 1.54) is 16.0 Å². The second-order valence-electron chi connectivity index (χ2n) is 11.9. The number of benzene rings is 1. The molecule has 3 aliphatic rings. The van der Waals surface area contributed by atoms with Crippen LogP contribution in [0.4, 0.5) is 0 Å². The number of hydrogen-bond donors (Lipinski definition) is 2. The molecule has 2 amide bonds. The number of aromatic hydroxyl groups is 1. The maximum atomic E-state index is 13.6. The number of amides is 2. The summed E-state index contributed by atoms with van der Waals surface area (Å²) in [6, 6.07) is 13.0. The molecule has 2 N–H and O–H groups in total. The van der Waals surface area contributed by atoms with Gasteiger partial charge < -0.3 is 14.9 Å². The minimum absolute atomic E-state index is 0.0908. The van der Waals surface area contributed by atoms with Gasteiger partial charge >= 0.3 is 5.97 Å². The molecule has 2 aliphatic heterocycles. The van der Waals surface area contributed by atoms with Crippen LogP contribution in [-0.2, 0) is 19.1 Å². The monoisotopic (exact) mass is 572 g/mol. The first-order valence-corrected chi connectivity index (χ1v) is 15.1. The van der Waals surface area contributed by atoms with Crippen LogP contribution in [0.1, 0.15) is 70.1 Å². The van der Waals surface area contributed by atoms with Crippen LogP contribution in [0.25, 0.3) is 11.6 Å². The largest absolute Gasteiger partial charge is 0.507 e. The second-order valence-corrected chi connectivity index (χ2v) is 11.9. The molecule has 8 nitrogen and oxygen atoms in total. The first kappa shape index (κ1) is 29.7. The quantitative estimate of drug-likeness (QED) is 0.190. The molecule has 1 aliphatic carbocycles. The van der Waals surface area contributed by atoms with Gasteiger partial charge in [-0.05, 0) is 73.4 Å². The number of phenolic OH excluding ortho intramolecular Hbond substituents is 1. The number of para-hydroxylation sites is 1. The number of likely N-dealkylation sites (tertiary alicyclic amines) is 1. The number of pyridine rings is 1. The highest BCUT2D eigenvalue weighted by Crippen LogP contribution is 2.51. The Morgan fingerprint density at radius 2 is 1.83 bits per heavy atom. The Morgan fingerprint density at radius 1 is 1.05 bits per heavy atom. The summed E-state index contributed by atoms with van der Waals surface area (Å²) in [6.45, 7) is 5.06. The number of carboxylic acids is 1. The van der Waals surface area contributed by atoms with Crippen LogP contribution in [-0.4, -0.2) is 57.1 Å². The highest BCUT2D eigenvalue weighted by atomic mass is 16.5. The minimum Gasteiger partial charge on any atom is -0.507 e. The van der Waals surface area contributed by atoms with Gasteiger partial charge in [-0.1, -0.05) is 50.1 Å². The van der Waals surface area contributed by atoms with E-state index in [0.29, 0.717) is 51.7 Å². The van der Waals surface area contributed by atoms with Gasteiger partial charge in [0.25, 0.3) is 0 Å². The van der Waals surface area contributed by atoms with Crippen LogP contribution in [0.2, 0.25) is 0 Å². The molecule has 42 heavy (non-hydrogen) atoms. The fraction of sp³-hybridized carbons (Fsp3) is 0.471. The van der Waals surface area contributed by atoms with Gasteiger partial charge in [0.2, 0.25) is 11.8 Å². The number of fused-ring (bicyclic) bond motifs is 3. The van der Waals surface area contributed by atoms with Crippen molar-refractivity contribution >= 4 is 29.4 Å². The van der Waals surface area contributed by atoms with Crippen LogP contribution in [0.5, 0.6) is 5.75 Å². The van der Waals surface area contributed by atoms with Crippen molar-refractivity contribution < 1.29 is 29.3 Å². The Kier molecular flexibility index (Phi) is 9.21. The Morgan fingerprint density at radius 3 is 2.55 bits per heavy atom. The topological polar surface area (TPSA) is 117 Å². The normalized spacial score (nSPS) is 24.0. The molecule has 0 radical (unpaired) electrons. The summed E-state index contributed by atoms with van der Waals surface area (Å²) in [5, 5.41) is 19.3. The van der Waals surface area contributed by atoms with Crippen molar-refractivity contribution in [3.63, 3.8) is 0 Å². The first-order valence-electron chi connectivity index (χ1n) is 15.1. The molecule has 1 aromatic heterocycles. The number of carboxylic acid groups (broad SMARTS) is 1. The van der Waals surface area contributed by atoms with Gasteiger partial charge in [-0.2, -0.15) is 0 Å². The Labute approximate surface area is 247 Å². The van der Waals surface area contributed by atoms with Crippen LogP contribution < -0.4 is 0 Å². The van der Waals surface area contributed by atoms with Gasteiger partial charge in [0.15, 0.2) is 0 Å². The highest BCUT2D eigenvalue weighted by Gasteiger charge is 2.56. The zero-order chi connectivity index (χ0) is 29.8. The number of unbranched alkanes of at least 4 members (excludes halogenated alkanes) is 2. The minimum atomic E-state index is -0.828. The Bertz CT molecular complexity index is 1380. The van der Waals surface area contributed by atoms with Gasteiger partial charge in [-0.15, -0.1) is 0 Å². The van der Waals surface area contributed by atoms with E-state index >= 15 is 0 Å². The average Bonchev–Trinajstić information content (AvgIpc) is 3.50. The van der Waals surface area contributed by atoms with Crippen molar-refractivity contribution in [2.75, 3.05) is 13.2 Å². The molecule has 2 aromatic rings. The number of aromatic nitrogens is 1. The predicted molar refractivity (Wildman–Crippen MR) is 159 cm³/mol. The number of carbonyl (C=O) groups excluding carboxylic acids is 2. The number of carbonyl (C=O) groups is 3. The summed E-state index contributed by atoms with van der Waals surface area (Å²) in [5.74, 6) is -1.44. The van der Waals surface area contributed by atoms with Crippen LogP contribution in [0.15, 0.2) is 59.8 Å². The summed E-state index contributed by atoms with van der Waals surface area (Å²) in [4.78, 5) is 43.9. The first-order chi connectivity index (χ1) is 20.3. The third kappa shape index (κ3) is 6.19. The summed E-state index contributed by atoms with van der Waals surface area (Å²) < 4.78 is 6.41. The molecular weight excluding hydrogens is 532 g/mol. The lowest BCUT2D eigenvalue weighted by Crippen LogP contribution is -2.35. The van der Waals surface area contributed by atoms with E-state index in [1.807, 2.05) is 36.4 Å². The molecule has 0 bridgehead atoms. The summed E-state index contributed by atoms with van der Waals surface area (Å²) in [7, 11) is 0. The molecule has 3 heterocycles. The molecule has 2 fully saturated rings. The number of allylic oxidation sites excluding steroid dienone is 2. The predicted octanol–water partition coefficient (Wildman–Crippen LogP) is 5.73. The zero-order valence-corrected chi connectivity index (χ0v) is 24.4. The molecule has 8 heteroatoms. The SMILES string of the molecule is CC(C)C1=C2[C@@H](CC/C(=C/c3ccccc3O)c3ccccn3)OC[C@@H]2[C@@H]2C(=O)N(CCCCCC(=O)O)C(=O)[C@@H]2C1. The average molecular weight is 573 g/mol. The third-order valence-corrected chi connectivity index (χ3v) is 8.94. The van der Waals surface area contributed by atoms with Crippen molar-refractivity contribution in [1.82, 2.24) is 9.88 Å². The fourth-order valence-corrected chi connectivity index (χ4v) is 6.88. The van der Waals surface area contributed by atoms with Crippen LogP contribution >= 0.6 is 0 Å². The number of aliphatic carboxylic acids is 1. The maximum absolute atomic E-state index is 13.6. The van der Waals surface area contributed by atoms with E-state index in [-0.39, 0.29) is 47.8 Å². The lowest BCUT2D eigenvalue weighted by atomic mass is 9.67. The van der Waals surface area contributed by atoms with E-state index in [2.05, 4.69) is 18.8 Å². The zero-order valence-electron chi connectivity index (χ0n) is 24.4. The molecule has 222 valence electrons. The molecule has 5 rings (SSSR count). The molecule has 0 unspecified atom stereocenters. The number of imide groups is 1. The second kappa shape index (κ2) is 13.0. The smallest absolute Gasteiger partial charge is 0.303 e. The summed E-state index contributed by atoms with van der Waals surface area (Å²) in [5.41, 5.74) is 4.98. The van der Waals surface area contributed by atoms with Gasteiger partial charge in [0, 0.05) is 30.6 Å². The van der Waals surface area contributed by atoms with Crippen molar-refractivity contribution in [3.8, 4) is 5.75 Å². The third-order valence-electron chi connectivity index (χ3n) is 8.94. The summed E-state index contributed by atoms with van der Waals surface area (Å²) >= 11 is 0. The van der Waals surface area contributed by atoms with E-state index in [4.69, 9.17) is 9.84 Å². The van der Waals surface area contributed by atoms with Crippen molar-refractivity contribution in [1.29, 1.82) is 0 Å². The van der Waals surface area contributed by atoms with Gasteiger partial charge in [0.05, 0.1) is 30.2 Å². The number of phenols is 1. The lowest BCUT2D eigenvalue weighted by molar-refractivity contribution is -0.141. The number of ether oxygens (including phenoxy) is 1. The van der Waals surface area contributed by atoms with E-state index < -0.39 is 11.9 Å². The Balaban J connectivity index is 1.34. The summed E-state index contributed by atoms with van der Waals surface area (Å²) in [6.07, 6.45) is 7.45. The molecular formula is C34H40N2O6.